The van der Waals surface area contributed by atoms with Crippen molar-refractivity contribution in [3.63, 3.8) is 0 Å². The summed E-state index contributed by atoms with van der Waals surface area (Å²) >= 11 is 4.11. The molecule has 0 atom stereocenters. The Morgan fingerprint density at radius 2 is 2.06 bits per heavy atom. The van der Waals surface area contributed by atoms with Crippen LogP contribution in [0.3, 0.4) is 0 Å². The first-order chi connectivity index (χ1) is 8.08. The molecule has 0 aliphatic heterocycles. The second-order valence-electron chi connectivity index (χ2n) is 3.52. The maximum atomic E-state index is 10.8. The van der Waals surface area contributed by atoms with E-state index in [1.165, 1.54) is 6.20 Å². The molecule has 2 rings (SSSR count). The fourth-order valence-electron chi connectivity index (χ4n) is 1.49. The molecule has 4 nitrogen and oxygen atoms in total. The van der Waals surface area contributed by atoms with E-state index in [2.05, 4.69) is 17.6 Å². The summed E-state index contributed by atoms with van der Waals surface area (Å²) in [5.41, 5.74) is 7.93. The van der Waals surface area contributed by atoms with Gasteiger partial charge in [0, 0.05) is 22.3 Å². The van der Waals surface area contributed by atoms with E-state index in [4.69, 9.17) is 10.8 Å². The van der Waals surface area contributed by atoms with Crippen LogP contribution in [0.4, 0.5) is 5.69 Å². The van der Waals surface area contributed by atoms with Gasteiger partial charge >= 0.3 is 5.97 Å². The van der Waals surface area contributed by atoms with Crippen molar-refractivity contribution in [1.29, 1.82) is 0 Å². The van der Waals surface area contributed by atoms with Crippen LogP contribution < -0.4 is 5.73 Å². The van der Waals surface area contributed by atoms with Gasteiger partial charge in [-0.05, 0) is 23.8 Å². The monoisotopic (exact) mass is 246 g/mol. The predicted octanol–water partition coefficient (Wildman–Crippen LogP) is 2.32. The van der Waals surface area contributed by atoms with Crippen LogP contribution >= 0.6 is 12.6 Å². The number of carboxylic acid groups (broad SMARTS) is 1. The summed E-state index contributed by atoms with van der Waals surface area (Å²) in [6.07, 6.45) is 1.50. The summed E-state index contributed by atoms with van der Waals surface area (Å²) in [6, 6.07) is 8.94. The number of anilines is 1. The summed E-state index contributed by atoms with van der Waals surface area (Å²) in [7, 11) is 0. The number of aromatic nitrogens is 1. The maximum absolute atomic E-state index is 10.8. The van der Waals surface area contributed by atoms with E-state index in [0.29, 0.717) is 10.6 Å². The Hall–Kier alpha value is -2.01. The van der Waals surface area contributed by atoms with Crippen LogP contribution in [0.25, 0.3) is 11.1 Å². The minimum absolute atomic E-state index is 0.0546. The van der Waals surface area contributed by atoms with Gasteiger partial charge in [0.25, 0.3) is 0 Å². The number of carboxylic acids is 1. The molecule has 0 aliphatic rings. The third-order valence-electron chi connectivity index (χ3n) is 2.29. The zero-order chi connectivity index (χ0) is 12.4. The quantitative estimate of drug-likeness (QED) is 0.561. The van der Waals surface area contributed by atoms with Crippen LogP contribution in [-0.2, 0) is 0 Å². The Morgan fingerprint density at radius 3 is 2.65 bits per heavy atom. The van der Waals surface area contributed by atoms with E-state index < -0.39 is 5.97 Å². The van der Waals surface area contributed by atoms with Gasteiger partial charge in [0.15, 0.2) is 5.69 Å². The number of rotatable bonds is 2. The molecule has 0 unspecified atom stereocenters. The topological polar surface area (TPSA) is 76.2 Å². The lowest BCUT2D eigenvalue weighted by Crippen LogP contribution is -2.01. The van der Waals surface area contributed by atoms with Gasteiger partial charge in [0.2, 0.25) is 0 Å². The summed E-state index contributed by atoms with van der Waals surface area (Å²) in [5.74, 6) is -1.09. The second kappa shape index (κ2) is 4.47. The van der Waals surface area contributed by atoms with Gasteiger partial charge in [-0.15, -0.1) is 12.6 Å². The zero-order valence-electron chi connectivity index (χ0n) is 8.79. The van der Waals surface area contributed by atoms with E-state index in [0.717, 1.165) is 11.1 Å². The molecule has 1 heterocycles. The highest BCUT2D eigenvalue weighted by atomic mass is 32.1. The molecular weight excluding hydrogens is 236 g/mol. The number of benzene rings is 1. The Kier molecular flexibility index (Phi) is 3.01. The van der Waals surface area contributed by atoms with E-state index in [-0.39, 0.29) is 5.69 Å². The van der Waals surface area contributed by atoms with Gasteiger partial charge in [-0.1, -0.05) is 12.1 Å². The summed E-state index contributed by atoms with van der Waals surface area (Å²) < 4.78 is 0. The van der Waals surface area contributed by atoms with Crippen LogP contribution in [0.15, 0.2) is 41.4 Å². The number of nitrogen functional groups attached to an aromatic ring is 1. The standard InChI is InChI=1S/C12H10N2O2S/c13-9-3-1-2-7(4-9)8-5-10(17)11(12(15)16)14-6-8/h1-6,17H,13H2,(H,15,16). The third kappa shape index (κ3) is 2.39. The molecular formula is C12H10N2O2S. The second-order valence-corrected chi connectivity index (χ2v) is 4.00. The van der Waals surface area contributed by atoms with Crippen LogP contribution in [0.5, 0.6) is 0 Å². The Labute approximate surface area is 104 Å². The zero-order valence-corrected chi connectivity index (χ0v) is 9.69. The number of carbonyl (C=O) groups is 1. The largest absolute Gasteiger partial charge is 0.476 e. The van der Waals surface area contributed by atoms with Gasteiger partial charge in [0.05, 0.1) is 0 Å². The highest BCUT2D eigenvalue weighted by Gasteiger charge is 2.10. The maximum Gasteiger partial charge on any atom is 0.355 e. The first-order valence-electron chi connectivity index (χ1n) is 4.86. The Morgan fingerprint density at radius 1 is 1.29 bits per heavy atom. The van der Waals surface area contributed by atoms with Crippen molar-refractivity contribution < 1.29 is 9.90 Å². The number of thiol groups is 1. The van der Waals surface area contributed by atoms with Gasteiger partial charge < -0.3 is 10.8 Å². The lowest BCUT2D eigenvalue weighted by molar-refractivity contribution is 0.0686. The number of nitrogens with zero attached hydrogens (tertiary/aromatic N) is 1. The summed E-state index contributed by atoms with van der Waals surface area (Å²) in [5, 5.41) is 8.84. The van der Waals surface area contributed by atoms with Crippen LogP contribution in [-0.4, -0.2) is 16.1 Å². The fraction of sp³-hybridized carbons (Fsp3) is 0. The van der Waals surface area contributed by atoms with Crippen LogP contribution in [0.1, 0.15) is 10.5 Å². The fourth-order valence-corrected chi connectivity index (χ4v) is 1.79. The number of aromatic carboxylic acids is 1. The summed E-state index contributed by atoms with van der Waals surface area (Å²) in [4.78, 5) is 15.0. The predicted molar refractivity (Wildman–Crippen MR) is 68.3 cm³/mol. The Balaban J connectivity index is 2.48. The van der Waals surface area contributed by atoms with Crippen molar-refractivity contribution in [2.24, 2.45) is 0 Å². The minimum atomic E-state index is -1.09. The average molecular weight is 246 g/mol. The van der Waals surface area contributed by atoms with Gasteiger partial charge in [-0.2, -0.15) is 0 Å². The first kappa shape index (κ1) is 11.5. The molecule has 0 bridgehead atoms. The summed E-state index contributed by atoms with van der Waals surface area (Å²) in [6.45, 7) is 0. The number of hydrogen-bond donors (Lipinski definition) is 3. The molecule has 0 saturated carbocycles. The highest BCUT2D eigenvalue weighted by Crippen LogP contribution is 2.24. The lowest BCUT2D eigenvalue weighted by atomic mass is 10.1. The molecule has 0 amide bonds. The molecule has 2 aromatic rings. The van der Waals surface area contributed by atoms with Crippen molar-refractivity contribution in [1.82, 2.24) is 4.98 Å². The molecule has 0 spiro atoms. The van der Waals surface area contributed by atoms with Gasteiger partial charge in [0.1, 0.15) is 0 Å². The Bertz CT molecular complexity index is 584. The molecule has 0 radical (unpaired) electrons. The molecule has 0 aliphatic carbocycles. The van der Waals surface area contributed by atoms with E-state index in [9.17, 15) is 4.79 Å². The van der Waals surface area contributed by atoms with Crippen molar-refractivity contribution >= 4 is 24.3 Å². The molecule has 86 valence electrons. The molecule has 5 heteroatoms. The average Bonchev–Trinajstić information content (AvgIpc) is 2.28. The molecule has 0 fully saturated rings. The van der Waals surface area contributed by atoms with Crippen LogP contribution in [0.2, 0.25) is 0 Å². The highest BCUT2D eigenvalue weighted by molar-refractivity contribution is 7.80. The van der Waals surface area contributed by atoms with Crippen LogP contribution in [0, 0.1) is 0 Å². The molecule has 1 aromatic carbocycles. The van der Waals surface area contributed by atoms with E-state index >= 15 is 0 Å². The number of hydrogen-bond acceptors (Lipinski definition) is 4. The number of nitrogens with two attached hydrogens (primary N) is 1. The number of pyridine rings is 1. The van der Waals surface area contributed by atoms with Crippen molar-refractivity contribution in [2.45, 2.75) is 4.90 Å². The minimum Gasteiger partial charge on any atom is -0.476 e. The van der Waals surface area contributed by atoms with E-state index in [1.54, 1.807) is 18.2 Å². The van der Waals surface area contributed by atoms with Crippen molar-refractivity contribution in [2.75, 3.05) is 5.73 Å². The third-order valence-corrected chi connectivity index (χ3v) is 2.63. The molecule has 1 aromatic heterocycles. The van der Waals surface area contributed by atoms with Gasteiger partial charge in [-0.3, -0.25) is 0 Å². The smallest absolute Gasteiger partial charge is 0.355 e. The van der Waals surface area contributed by atoms with Crippen molar-refractivity contribution in [3.05, 3.63) is 42.2 Å². The van der Waals surface area contributed by atoms with E-state index in [1.807, 2.05) is 12.1 Å². The first-order valence-corrected chi connectivity index (χ1v) is 5.31. The lowest BCUT2D eigenvalue weighted by Gasteiger charge is -2.05. The van der Waals surface area contributed by atoms with Crippen molar-refractivity contribution in [3.8, 4) is 11.1 Å². The molecule has 17 heavy (non-hydrogen) atoms. The SMILES string of the molecule is Nc1cccc(-c2cnc(C(=O)O)c(S)c2)c1. The molecule has 0 saturated heterocycles. The van der Waals surface area contributed by atoms with Gasteiger partial charge in [-0.25, -0.2) is 9.78 Å². The molecule has 3 N–H and O–H groups in total. The normalized spacial score (nSPS) is 10.2.